The van der Waals surface area contributed by atoms with Crippen LogP contribution >= 0.6 is 11.8 Å². The summed E-state index contributed by atoms with van der Waals surface area (Å²) in [5, 5.41) is 12.5. The van der Waals surface area contributed by atoms with Crippen molar-refractivity contribution in [3.63, 3.8) is 0 Å². The minimum absolute atomic E-state index is 0.0428. The van der Waals surface area contributed by atoms with Gasteiger partial charge in [0.25, 0.3) is 0 Å². The van der Waals surface area contributed by atoms with E-state index in [4.69, 9.17) is 0 Å². The Morgan fingerprint density at radius 1 is 1.36 bits per heavy atom. The van der Waals surface area contributed by atoms with Crippen LogP contribution < -0.4 is 21.3 Å². The van der Waals surface area contributed by atoms with E-state index in [-0.39, 0.29) is 23.5 Å². The Hall–Kier alpha value is -0.950. The predicted molar refractivity (Wildman–Crippen MR) is 90.1 cm³/mol. The van der Waals surface area contributed by atoms with Crippen molar-refractivity contribution < 1.29 is 9.59 Å². The first-order valence-corrected chi connectivity index (χ1v) is 9.22. The first-order valence-electron chi connectivity index (χ1n) is 8.18. The molecule has 2 fully saturated rings. The number of carbonyl (C=O) groups excluding carboxylic acids is 2. The highest BCUT2D eigenvalue weighted by atomic mass is 32.2. The van der Waals surface area contributed by atoms with Gasteiger partial charge in [-0.2, -0.15) is 11.8 Å². The molecule has 3 amide bonds. The number of nitrogens with one attached hydrogen (secondary N) is 4. The van der Waals surface area contributed by atoms with Crippen LogP contribution in [0.25, 0.3) is 0 Å². The Morgan fingerprint density at radius 3 is 2.95 bits per heavy atom. The summed E-state index contributed by atoms with van der Waals surface area (Å²) < 4.78 is 0. The van der Waals surface area contributed by atoms with Crippen LogP contribution in [0.2, 0.25) is 0 Å². The monoisotopic (exact) mass is 328 g/mol. The molecule has 0 unspecified atom stereocenters. The lowest BCUT2D eigenvalue weighted by Gasteiger charge is -2.29. The topological polar surface area (TPSA) is 82.3 Å². The lowest BCUT2D eigenvalue weighted by molar-refractivity contribution is -0.121. The number of rotatable bonds is 9. The molecule has 7 heteroatoms. The highest BCUT2D eigenvalue weighted by Crippen LogP contribution is 2.40. The molecule has 2 rings (SSSR count). The van der Waals surface area contributed by atoms with Crippen LogP contribution in [0.4, 0.5) is 4.79 Å². The molecule has 0 bridgehead atoms. The third kappa shape index (κ3) is 4.29. The summed E-state index contributed by atoms with van der Waals surface area (Å²) in [6.45, 7) is 3.81. The minimum atomic E-state index is -0.128. The number of amides is 3. The molecule has 4 N–H and O–H groups in total. The van der Waals surface area contributed by atoms with Crippen molar-refractivity contribution in [2.24, 2.45) is 0 Å². The van der Waals surface area contributed by atoms with Crippen LogP contribution in [0.15, 0.2) is 0 Å². The van der Waals surface area contributed by atoms with Crippen LogP contribution in [0.5, 0.6) is 0 Å². The SMILES string of the molecule is CNCCCNC(=O)CCCC[C@@H]1SC[C@@H]2NC(=O)N[C@@]21C. The van der Waals surface area contributed by atoms with E-state index in [2.05, 4.69) is 28.2 Å². The molecule has 0 radical (unpaired) electrons. The molecule has 0 saturated carbocycles. The normalized spacial score (nSPS) is 29.8. The van der Waals surface area contributed by atoms with Crippen LogP contribution in [0.1, 0.15) is 39.0 Å². The fourth-order valence-corrected chi connectivity index (χ4v) is 4.92. The Kier molecular flexibility index (Phi) is 6.37. The lowest BCUT2D eigenvalue weighted by atomic mass is 9.88. The van der Waals surface area contributed by atoms with Crippen molar-refractivity contribution in [1.82, 2.24) is 21.3 Å². The van der Waals surface area contributed by atoms with Gasteiger partial charge in [0.05, 0.1) is 11.6 Å². The zero-order chi connectivity index (χ0) is 16.0. The van der Waals surface area contributed by atoms with E-state index < -0.39 is 0 Å². The number of thioether (sulfide) groups is 1. The number of fused-ring (bicyclic) bond motifs is 1. The van der Waals surface area contributed by atoms with E-state index in [1.54, 1.807) is 0 Å². The lowest BCUT2D eigenvalue weighted by Crippen LogP contribution is -2.50. The van der Waals surface area contributed by atoms with Gasteiger partial charge in [-0.15, -0.1) is 0 Å². The number of unbranched alkanes of at least 4 members (excludes halogenated alkanes) is 1. The van der Waals surface area contributed by atoms with Gasteiger partial charge in [-0.3, -0.25) is 4.79 Å². The quantitative estimate of drug-likeness (QED) is 0.373. The van der Waals surface area contributed by atoms with Crippen molar-refractivity contribution in [2.45, 2.75) is 55.9 Å². The number of carbonyl (C=O) groups is 2. The van der Waals surface area contributed by atoms with E-state index >= 15 is 0 Å². The first kappa shape index (κ1) is 17.4. The van der Waals surface area contributed by atoms with Crippen molar-refractivity contribution in [1.29, 1.82) is 0 Å². The molecule has 2 aliphatic heterocycles. The average molecular weight is 328 g/mol. The fraction of sp³-hybridized carbons (Fsp3) is 0.867. The van der Waals surface area contributed by atoms with E-state index in [1.165, 1.54) is 0 Å². The fourth-order valence-electron chi connectivity index (χ4n) is 3.16. The molecular formula is C15H28N4O2S. The van der Waals surface area contributed by atoms with Gasteiger partial charge in [-0.05, 0) is 39.8 Å². The summed E-state index contributed by atoms with van der Waals surface area (Å²) in [6, 6.07) is 0.198. The average Bonchev–Trinajstić information content (AvgIpc) is 2.92. The summed E-state index contributed by atoms with van der Waals surface area (Å²) in [4.78, 5) is 23.2. The van der Waals surface area contributed by atoms with Gasteiger partial charge in [-0.25, -0.2) is 4.79 Å². The third-order valence-corrected chi connectivity index (χ3v) is 6.24. The molecule has 2 heterocycles. The molecule has 2 aliphatic rings. The molecule has 0 aromatic heterocycles. The summed E-state index contributed by atoms with van der Waals surface area (Å²) in [5.41, 5.74) is -0.128. The zero-order valence-corrected chi connectivity index (χ0v) is 14.4. The number of hydrogen-bond acceptors (Lipinski definition) is 4. The van der Waals surface area contributed by atoms with Crippen LogP contribution in [0.3, 0.4) is 0 Å². The highest BCUT2D eigenvalue weighted by Gasteiger charge is 2.52. The van der Waals surface area contributed by atoms with Crippen molar-refractivity contribution >= 4 is 23.7 Å². The number of hydrogen-bond donors (Lipinski definition) is 4. The van der Waals surface area contributed by atoms with Gasteiger partial charge < -0.3 is 21.3 Å². The maximum atomic E-state index is 11.7. The summed E-state index contributed by atoms with van der Waals surface area (Å²) in [7, 11) is 1.91. The standard InChI is InChI=1S/C15H28N4O2S/c1-15-11(18-14(21)19-15)10-22-12(15)6-3-4-7-13(20)17-9-5-8-16-2/h11-12,16H,3-10H2,1-2H3,(H,17,20)(H2,18,19,21)/t11-,12-,15-/m0/s1. The smallest absolute Gasteiger partial charge is 0.315 e. The van der Waals surface area contributed by atoms with Gasteiger partial charge in [0.15, 0.2) is 0 Å². The molecule has 126 valence electrons. The molecule has 6 nitrogen and oxygen atoms in total. The summed E-state index contributed by atoms with van der Waals surface area (Å²) >= 11 is 1.93. The van der Waals surface area contributed by atoms with Gasteiger partial charge >= 0.3 is 6.03 Å². The first-order chi connectivity index (χ1) is 10.6. The van der Waals surface area contributed by atoms with Crippen molar-refractivity contribution in [2.75, 3.05) is 25.9 Å². The molecule has 3 atom stereocenters. The molecule has 0 aliphatic carbocycles. The predicted octanol–water partition coefficient (Wildman–Crippen LogP) is 0.828. The zero-order valence-electron chi connectivity index (χ0n) is 13.5. The molecule has 0 aromatic rings. The second kappa shape index (κ2) is 8.06. The third-order valence-electron chi connectivity index (χ3n) is 4.59. The summed E-state index contributed by atoms with van der Waals surface area (Å²) in [5.74, 6) is 1.13. The molecular weight excluding hydrogens is 300 g/mol. The molecule has 22 heavy (non-hydrogen) atoms. The Labute approximate surface area is 136 Å². The van der Waals surface area contributed by atoms with Gasteiger partial charge in [0.1, 0.15) is 0 Å². The van der Waals surface area contributed by atoms with Gasteiger partial charge in [0.2, 0.25) is 5.91 Å². The van der Waals surface area contributed by atoms with E-state index in [1.807, 2.05) is 18.8 Å². The van der Waals surface area contributed by atoms with E-state index in [0.717, 1.165) is 44.5 Å². The largest absolute Gasteiger partial charge is 0.356 e. The summed E-state index contributed by atoms with van der Waals surface area (Å²) in [6.07, 6.45) is 4.55. The Morgan fingerprint density at radius 2 is 2.18 bits per heavy atom. The maximum absolute atomic E-state index is 11.7. The second-order valence-corrected chi connectivity index (χ2v) is 7.54. The van der Waals surface area contributed by atoms with Gasteiger partial charge in [-0.1, -0.05) is 6.42 Å². The molecule has 0 aromatic carbocycles. The van der Waals surface area contributed by atoms with Gasteiger partial charge in [0, 0.05) is 24.0 Å². The van der Waals surface area contributed by atoms with Crippen molar-refractivity contribution in [3.8, 4) is 0 Å². The van der Waals surface area contributed by atoms with Crippen LogP contribution in [-0.4, -0.2) is 54.7 Å². The minimum Gasteiger partial charge on any atom is -0.356 e. The van der Waals surface area contributed by atoms with Crippen molar-refractivity contribution in [3.05, 3.63) is 0 Å². The van der Waals surface area contributed by atoms with E-state index in [9.17, 15) is 9.59 Å². The Bertz CT molecular complexity index is 407. The molecule has 2 saturated heterocycles. The molecule has 0 spiro atoms. The highest BCUT2D eigenvalue weighted by molar-refractivity contribution is 8.00. The Balaban J connectivity index is 1.59. The van der Waals surface area contributed by atoms with Crippen LogP contribution in [-0.2, 0) is 4.79 Å². The van der Waals surface area contributed by atoms with Crippen LogP contribution in [0, 0.1) is 0 Å². The number of urea groups is 1. The van der Waals surface area contributed by atoms with E-state index in [0.29, 0.717) is 11.7 Å². The second-order valence-electron chi connectivity index (χ2n) is 6.31. The maximum Gasteiger partial charge on any atom is 0.315 e.